The summed E-state index contributed by atoms with van der Waals surface area (Å²) in [6.45, 7) is 3.08. The van der Waals surface area contributed by atoms with Gasteiger partial charge in [0, 0.05) is 25.8 Å². The third-order valence-electron chi connectivity index (χ3n) is 2.99. The monoisotopic (exact) mass is 369 g/mol. The van der Waals surface area contributed by atoms with Gasteiger partial charge in [0.1, 0.15) is 0 Å². The van der Waals surface area contributed by atoms with Gasteiger partial charge >= 0.3 is 0 Å². The van der Waals surface area contributed by atoms with E-state index < -0.39 is 0 Å². The smallest absolute Gasteiger partial charge is 0.188 e. The Morgan fingerprint density at radius 3 is 2.89 bits per heavy atom. The fraction of sp³-hybridized carbons (Fsp3) is 0.917. The van der Waals surface area contributed by atoms with Crippen molar-refractivity contribution in [3.63, 3.8) is 0 Å². The van der Waals surface area contributed by atoms with Crippen molar-refractivity contribution in [2.24, 2.45) is 10.7 Å². The van der Waals surface area contributed by atoms with E-state index in [4.69, 9.17) is 15.2 Å². The van der Waals surface area contributed by atoms with E-state index in [0.29, 0.717) is 18.1 Å². The Morgan fingerprint density at radius 1 is 1.39 bits per heavy atom. The van der Waals surface area contributed by atoms with Crippen molar-refractivity contribution in [3.8, 4) is 0 Å². The number of nitrogens with zero attached hydrogens (tertiary/aromatic N) is 1. The second-order valence-electron chi connectivity index (χ2n) is 4.75. The number of hydrogen-bond acceptors (Lipinski definition) is 3. The van der Waals surface area contributed by atoms with E-state index in [0.717, 1.165) is 39.2 Å². The molecule has 5 nitrogen and oxygen atoms in total. The maximum atomic E-state index is 5.71. The molecule has 1 atom stereocenters. The number of nitrogens with two attached hydrogens (primary N) is 1. The van der Waals surface area contributed by atoms with E-state index in [9.17, 15) is 0 Å². The molecule has 2 rings (SSSR count). The number of nitrogens with one attached hydrogen (secondary N) is 1. The van der Waals surface area contributed by atoms with E-state index in [1.807, 2.05) is 0 Å². The quantitative estimate of drug-likeness (QED) is 0.307. The van der Waals surface area contributed by atoms with Gasteiger partial charge in [-0.2, -0.15) is 0 Å². The maximum absolute atomic E-state index is 5.71. The molecule has 106 valence electrons. The lowest BCUT2D eigenvalue weighted by Crippen LogP contribution is -2.33. The molecule has 1 heterocycles. The fourth-order valence-electron chi connectivity index (χ4n) is 1.84. The average molecular weight is 369 g/mol. The van der Waals surface area contributed by atoms with E-state index in [1.54, 1.807) is 0 Å². The van der Waals surface area contributed by atoms with E-state index in [2.05, 4.69) is 10.3 Å². The van der Waals surface area contributed by atoms with Crippen LogP contribution < -0.4 is 11.1 Å². The van der Waals surface area contributed by atoms with Crippen molar-refractivity contribution in [3.05, 3.63) is 0 Å². The van der Waals surface area contributed by atoms with E-state index in [1.165, 1.54) is 19.3 Å². The number of aliphatic imine (C=N–C) groups is 1. The van der Waals surface area contributed by atoms with Crippen LogP contribution in [-0.2, 0) is 9.47 Å². The van der Waals surface area contributed by atoms with Gasteiger partial charge in [0.25, 0.3) is 0 Å². The van der Waals surface area contributed by atoms with Crippen LogP contribution in [-0.4, -0.2) is 44.5 Å². The van der Waals surface area contributed by atoms with Gasteiger partial charge in [0.2, 0.25) is 0 Å². The zero-order valence-electron chi connectivity index (χ0n) is 10.8. The minimum absolute atomic E-state index is 0. The van der Waals surface area contributed by atoms with E-state index in [-0.39, 0.29) is 24.0 Å². The lowest BCUT2D eigenvalue weighted by Gasteiger charge is -2.09. The van der Waals surface area contributed by atoms with Crippen LogP contribution in [0.5, 0.6) is 0 Å². The van der Waals surface area contributed by atoms with Gasteiger partial charge in [-0.15, -0.1) is 24.0 Å². The Bertz CT molecular complexity index is 254. The second kappa shape index (κ2) is 8.92. The highest BCUT2D eigenvalue weighted by atomic mass is 127. The normalized spacial score (nSPS) is 23.8. The van der Waals surface area contributed by atoms with Crippen LogP contribution in [0.2, 0.25) is 0 Å². The van der Waals surface area contributed by atoms with Crippen LogP contribution in [0, 0.1) is 0 Å². The van der Waals surface area contributed by atoms with Crippen molar-refractivity contribution < 1.29 is 9.47 Å². The van der Waals surface area contributed by atoms with Crippen LogP contribution in [0.3, 0.4) is 0 Å². The molecule has 0 radical (unpaired) electrons. The first-order valence-electron chi connectivity index (χ1n) is 6.60. The first kappa shape index (κ1) is 16.0. The molecule has 1 unspecified atom stereocenters. The summed E-state index contributed by atoms with van der Waals surface area (Å²) >= 11 is 0. The Kier molecular flexibility index (Phi) is 7.92. The van der Waals surface area contributed by atoms with Gasteiger partial charge in [0.05, 0.1) is 12.7 Å². The van der Waals surface area contributed by atoms with Crippen molar-refractivity contribution in [1.82, 2.24) is 5.32 Å². The zero-order valence-corrected chi connectivity index (χ0v) is 13.1. The molecule has 2 aliphatic rings. The Morgan fingerprint density at radius 2 is 2.22 bits per heavy atom. The summed E-state index contributed by atoms with van der Waals surface area (Å²) in [5.41, 5.74) is 5.71. The lowest BCUT2D eigenvalue weighted by atomic mass is 10.2. The van der Waals surface area contributed by atoms with Crippen LogP contribution in [0.25, 0.3) is 0 Å². The summed E-state index contributed by atoms with van der Waals surface area (Å²) in [6, 6.07) is 0.578. The SMILES string of the molecule is I.NC(=NCCCOCC1CCCO1)NC1CC1. The molecule has 6 heteroatoms. The Labute approximate surface area is 126 Å². The summed E-state index contributed by atoms with van der Waals surface area (Å²) in [5.74, 6) is 0.576. The van der Waals surface area contributed by atoms with Crippen LogP contribution in [0.15, 0.2) is 4.99 Å². The van der Waals surface area contributed by atoms with Crippen molar-refractivity contribution >= 4 is 29.9 Å². The first-order chi connectivity index (χ1) is 8.34. The second-order valence-corrected chi connectivity index (χ2v) is 4.75. The predicted molar refractivity (Wildman–Crippen MR) is 82.5 cm³/mol. The van der Waals surface area contributed by atoms with Crippen molar-refractivity contribution in [2.45, 2.75) is 44.2 Å². The standard InChI is InChI=1S/C12H23N3O2.HI/c13-12(15-10-4-5-10)14-6-2-7-16-9-11-3-1-8-17-11;/h10-11H,1-9H2,(H3,13,14,15);1H. The fourth-order valence-corrected chi connectivity index (χ4v) is 1.84. The van der Waals surface area contributed by atoms with E-state index >= 15 is 0 Å². The van der Waals surface area contributed by atoms with Gasteiger partial charge in [-0.05, 0) is 32.1 Å². The molecule has 3 N–H and O–H groups in total. The summed E-state index contributed by atoms with van der Waals surface area (Å²) in [5, 5.41) is 3.16. The maximum Gasteiger partial charge on any atom is 0.188 e. The van der Waals surface area contributed by atoms with Gasteiger partial charge in [-0.25, -0.2) is 0 Å². The summed E-state index contributed by atoms with van der Waals surface area (Å²) < 4.78 is 11.0. The topological polar surface area (TPSA) is 68.9 Å². The van der Waals surface area contributed by atoms with Crippen LogP contribution in [0.4, 0.5) is 0 Å². The van der Waals surface area contributed by atoms with Crippen LogP contribution >= 0.6 is 24.0 Å². The molecule has 0 amide bonds. The predicted octanol–water partition coefficient (Wildman–Crippen LogP) is 1.26. The lowest BCUT2D eigenvalue weighted by molar-refractivity contribution is 0.0171. The molecule has 1 saturated carbocycles. The summed E-state index contributed by atoms with van der Waals surface area (Å²) in [6.07, 6.45) is 5.99. The average Bonchev–Trinajstić information content (AvgIpc) is 2.96. The summed E-state index contributed by atoms with van der Waals surface area (Å²) in [4.78, 5) is 4.25. The largest absolute Gasteiger partial charge is 0.379 e. The molecular formula is C12H24IN3O2. The highest BCUT2D eigenvalue weighted by Gasteiger charge is 2.21. The number of ether oxygens (including phenoxy) is 2. The molecule has 0 bridgehead atoms. The Balaban J connectivity index is 0.00000162. The molecule has 0 aromatic carbocycles. The summed E-state index contributed by atoms with van der Waals surface area (Å²) in [7, 11) is 0. The molecule has 0 aromatic rings. The van der Waals surface area contributed by atoms with Crippen molar-refractivity contribution in [1.29, 1.82) is 0 Å². The third-order valence-corrected chi connectivity index (χ3v) is 2.99. The molecule has 0 spiro atoms. The zero-order chi connectivity index (χ0) is 11.9. The molecule has 2 fully saturated rings. The molecule has 1 aliphatic carbocycles. The molecule has 0 aromatic heterocycles. The number of hydrogen-bond donors (Lipinski definition) is 2. The minimum atomic E-state index is 0. The molecule has 18 heavy (non-hydrogen) atoms. The Hall–Kier alpha value is -0.0800. The highest BCUT2D eigenvalue weighted by Crippen LogP contribution is 2.17. The molecule has 1 aliphatic heterocycles. The van der Waals surface area contributed by atoms with Crippen molar-refractivity contribution in [2.75, 3.05) is 26.4 Å². The number of rotatable bonds is 7. The number of halogens is 1. The van der Waals surface area contributed by atoms with Gasteiger partial charge in [0.15, 0.2) is 5.96 Å². The number of guanidine groups is 1. The first-order valence-corrected chi connectivity index (χ1v) is 6.60. The van der Waals surface area contributed by atoms with Gasteiger partial charge in [-0.1, -0.05) is 0 Å². The van der Waals surface area contributed by atoms with Crippen LogP contribution in [0.1, 0.15) is 32.1 Å². The molecule has 1 saturated heterocycles. The van der Waals surface area contributed by atoms with Gasteiger partial charge in [-0.3, -0.25) is 4.99 Å². The minimum Gasteiger partial charge on any atom is -0.379 e. The third kappa shape index (κ3) is 6.75. The highest BCUT2D eigenvalue weighted by molar-refractivity contribution is 14.0. The molecular weight excluding hydrogens is 345 g/mol. The van der Waals surface area contributed by atoms with Gasteiger partial charge < -0.3 is 20.5 Å².